The molecule has 0 aliphatic carbocycles. The lowest BCUT2D eigenvalue weighted by atomic mass is 10.1. The maximum absolute atomic E-state index is 11.7. The van der Waals surface area contributed by atoms with Crippen LogP contribution in [0.5, 0.6) is 0 Å². The quantitative estimate of drug-likeness (QED) is 0.878. The van der Waals surface area contributed by atoms with Gasteiger partial charge >= 0.3 is 0 Å². The summed E-state index contributed by atoms with van der Waals surface area (Å²) in [5.74, 6) is -0.00363. The largest absolute Gasteiger partial charge is 0.320 e. The van der Waals surface area contributed by atoms with E-state index in [1.54, 1.807) is 0 Å². The number of aromatic nitrogens is 1. The van der Waals surface area contributed by atoms with E-state index in [9.17, 15) is 4.79 Å². The van der Waals surface area contributed by atoms with Crippen molar-refractivity contribution >= 4 is 34.7 Å². The molecule has 1 amide bonds. The topological polar surface area (TPSA) is 68.0 Å². The zero-order valence-corrected chi connectivity index (χ0v) is 11.5. The van der Waals surface area contributed by atoms with Crippen LogP contribution < -0.4 is 11.1 Å². The van der Waals surface area contributed by atoms with Crippen molar-refractivity contribution in [1.29, 1.82) is 0 Å². The van der Waals surface area contributed by atoms with Crippen molar-refractivity contribution in [2.24, 2.45) is 11.7 Å². The zero-order valence-electron chi connectivity index (χ0n) is 9.90. The molecular formula is C10H18ClN3OS. The van der Waals surface area contributed by atoms with E-state index in [1.165, 1.54) is 11.3 Å². The van der Waals surface area contributed by atoms with Crippen LogP contribution in [0, 0.1) is 19.8 Å². The highest BCUT2D eigenvalue weighted by Gasteiger charge is 2.18. The molecule has 0 unspecified atom stereocenters. The fraction of sp³-hybridized carbons (Fsp3) is 0.600. The van der Waals surface area contributed by atoms with Gasteiger partial charge in [0.15, 0.2) is 0 Å². The highest BCUT2D eigenvalue weighted by Crippen LogP contribution is 2.23. The van der Waals surface area contributed by atoms with Gasteiger partial charge in [0.05, 0.1) is 16.7 Å². The van der Waals surface area contributed by atoms with Crippen molar-refractivity contribution in [2.45, 2.75) is 33.7 Å². The highest BCUT2D eigenvalue weighted by atomic mass is 35.5. The molecule has 0 aliphatic rings. The number of rotatable bonds is 3. The van der Waals surface area contributed by atoms with Crippen LogP contribution in [0.2, 0.25) is 0 Å². The van der Waals surface area contributed by atoms with Gasteiger partial charge in [0.2, 0.25) is 5.91 Å². The molecule has 1 rings (SSSR count). The highest BCUT2D eigenvalue weighted by molar-refractivity contribution is 7.16. The van der Waals surface area contributed by atoms with E-state index in [1.807, 2.05) is 27.7 Å². The van der Waals surface area contributed by atoms with Crippen molar-refractivity contribution in [2.75, 3.05) is 5.32 Å². The number of carbonyl (C=O) groups is 1. The fourth-order valence-corrected chi connectivity index (χ4v) is 1.97. The van der Waals surface area contributed by atoms with Crippen LogP contribution in [0.1, 0.15) is 24.5 Å². The van der Waals surface area contributed by atoms with E-state index < -0.39 is 6.04 Å². The summed E-state index contributed by atoms with van der Waals surface area (Å²) in [6.45, 7) is 7.64. The number of nitrogens with one attached hydrogen (secondary N) is 1. The van der Waals surface area contributed by atoms with Gasteiger partial charge in [-0.15, -0.1) is 23.7 Å². The first-order valence-corrected chi connectivity index (χ1v) is 5.74. The van der Waals surface area contributed by atoms with Crippen molar-refractivity contribution in [3.8, 4) is 0 Å². The van der Waals surface area contributed by atoms with Crippen LogP contribution in [0.25, 0.3) is 0 Å². The number of carbonyl (C=O) groups excluding carboxylic acids is 1. The monoisotopic (exact) mass is 263 g/mol. The molecule has 0 saturated carbocycles. The number of nitrogens with two attached hydrogens (primary N) is 1. The SMILES string of the molecule is Cc1nc(C)c(NC(=O)[C@H](N)C(C)C)s1.Cl. The van der Waals surface area contributed by atoms with Crippen LogP contribution in [0.3, 0.4) is 0 Å². The molecular weight excluding hydrogens is 246 g/mol. The lowest BCUT2D eigenvalue weighted by molar-refractivity contribution is -0.118. The lowest BCUT2D eigenvalue weighted by Gasteiger charge is -2.14. The molecule has 3 N–H and O–H groups in total. The number of halogens is 1. The minimum absolute atomic E-state index is 0. The van der Waals surface area contributed by atoms with Crippen molar-refractivity contribution < 1.29 is 4.79 Å². The molecule has 4 nitrogen and oxygen atoms in total. The minimum atomic E-state index is -0.466. The third kappa shape index (κ3) is 3.73. The maximum Gasteiger partial charge on any atom is 0.242 e. The average molecular weight is 264 g/mol. The van der Waals surface area contributed by atoms with Crippen LogP contribution in [-0.4, -0.2) is 16.9 Å². The molecule has 1 aromatic heterocycles. The van der Waals surface area contributed by atoms with E-state index >= 15 is 0 Å². The summed E-state index contributed by atoms with van der Waals surface area (Å²) in [5.41, 5.74) is 6.59. The normalized spacial score (nSPS) is 12.1. The standard InChI is InChI=1S/C10H17N3OS.ClH/c1-5(2)8(11)9(14)13-10-6(3)12-7(4)15-10;/h5,8H,11H2,1-4H3,(H,13,14);1H/t8-;/m1./s1. The van der Waals surface area contributed by atoms with Gasteiger partial charge in [0.25, 0.3) is 0 Å². The Hall–Kier alpha value is -0.650. The number of anilines is 1. The first-order valence-electron chi connectivity index (χ1n) is 4.92. The Balaban J connectivity index is 0.00000225. The van der Waals surface area contributed by atoms with Crippen molar-refractivity contribution in [3.63, 3.8) is 0 Å². The number of hydrogen-bond acceptors (Lipinski definition) is 4. The van der Waals surface area contributed by atoms with Gasteiger partial charge in [0, 0.05) is 0 Å². The van der Waals surface area contributed by atoms with Crippen LogP contribution in [0.4, 0.5) is 5.00 Å². The molecule has 1 heterocycles. The molecule has 1 atom stereocenters. The average Bonchev–Trinajstić information content (AvgIpc) is 2.43. The van der Waals surface area contributed by atoms with Gasteiger partial charge in [-0.2, -0.15) is 0 Å². The number of thiazole rings is 1. The molecule has 0 aromatic carbocycles. The molecule has 92 valence electrons. The second kappa shape index (κ2) is 6.18. The Morgan fingerprint density at radius 1 is 1.44 bits per heavy atom. The van der Waals surface area contributed by atoms with Crippen LogP contribution in [0.15, 0.2) is 0 Å². The molecule has 6 heteroatoms. The summed E-state index contributed by atoms with van der Waals surface area (Å²) < 4.78 is 0. The minimum Gasteiger partial charge on any atom is -0.320 e. The van der Waals surface area contributed by atoms with Crippen LogP contribution >= 0.6 is 23.7 Å². The molecule has 0 radical (unpaired) electrons. The molecule has 0 saturated heterocycles. The number of hydrogen-bond donors (Lipinski definition) is 2. The second-order valence-electron chi connectivity index (χ2n) is 3.91. The Kier molecular flexibility index (Phi) is 5.92. The van der Waals surface area contributed by atoms with E-state index in [2.05, 4.69) is 10.3 Å². The molecule has 0 fully saturated rings. The first-order chi connectivity index (χ1) is 6.91. The number of amides is 1. The van der Waals surface area contributed by atoms with Gasteiger partial charge in [0.1, 0.15) is 5.00 Å². The van der Waals surface area contributed by atoms with E-state index in [0.717, 1.165) is 15.7 Å². The lowest BCUT2D eigenvalue weighted by Crippen LogP contribution is -2.39. The molecule has 16 heavy (non-hydrogen) atoms. The Morgan fingerprint density at radius 3 is 2.38 bits per heavy atom. The molecule has 0 bridgehead atoms. The van der Waals surface area contributed by atoms with Crippen molar-refractivity contribution in [1.82, 2.24) is 4.98 Å². The van der Waals surface area contributed by atoms with E-state index in [0.29, 0.717) is 0 Å². The maximum atomic E-state index is 11.7. The third-order valence-corrected chi connectivity index (χ3v) is 3.15. The summed E-state index contributed by atoms with van der Waals surface area (Å²) in [7, 11) is 0. The Bertz CT molecular complexity index is 365. The van der Waals surface area contributed by atoms with Gasteiger partial charge < -0.3 is 11.1 Å². The summed E-state index contributed by atoms with van der Waals surface area (Å²) >= 11 is 1.47. The Morgan fingerprint density at radius 2 is 2.00 bits per heavy atom. The first kappa shape index (κ1) is 15.3. The zero-order chi connectivity index (χ0) is 11.6. The molecule has 0 aliphatic heterocycles. The summed E-state index contributed by atoms with van der Waals surface area (Å²) in [6.07, 6.45) is 0. The Labute approximate surface area is 106 Å². The smallest absolute Gasteiger partial charge is 0.242 e. The van der Waals surface area contributed by atoms with Gasteiger partial charge in [-0.05, 0) is 19.8 Å². The third-order valence-electron chi connectivity index (χ3n) is 2.16. The number of aryl methyl sites for hydroxylation is 2. The number of nitrogens with zero attached hydrogens (tertiary/aromatic N) is 1. The van der Waals surface area contributed by atoms with Crippen molar-refractivity contribution in [3.05, 3.63) is 10.7 Å². The molecule has 1 aromatic rings. The fourth-order valence-electron chi connectivity index (χ4n) is 1.15. The van der Waals surface area contributed by atoms with Gasteiger partial charge in [-0.3, -0.25) is 4.79 Å². The van der Waals surface area contributed by atoms with Gasteiger partial charge in [-0.1, -0.05) is 13.8 Å². The summed E-state index contributed by atoms with van der Waals surface area (Å²) in [6, 6.07) is -0.466. The van der Waals surface area contributed by atoms with E-state index in [-0.39, 0.29) is 24.2 Å². The van der Waals surface area contributed by atoms with E-state index in [4.69, 9.17) is 5.73 Å². The van der Waals surface area contributed by atoms with Crippen LogP contribution in [-0.2, 0) is 4.79 Å². The predicted molar refractivity (Wildman–Crippen MR) is 70.3 cm³/mol. The summed E-state index contributed by atoms with van der Waals surface area (Å²) in [4.78, 5) is 15.9. The summed E-state index contributed by atoms with van der Waals surface area (Å²) in [5, 5.41) is 4.55. The predicted octanol–water partition coefficient (Wildman–Crippen LogP) is 2.10. The second-order valence-corrected chi connectivity index (χ2v) is 5.11. The molecule has 0 spiro atoms. The van der Waals surface area contributed by atoms with Gasteiger partial charge in [-0.25, -0.2) is 4.98 Å².